The Morgan fingerprint density at radius 2 is 1.93 bits per heavy atom. The van der Waals surface area contributed by atoms with Crippen LogP contribution < -0.4 is 11.1 Å². The van der Waals surface area contributed by atoms with Gasteiger partial charge < -0.3 is 15.8 Å². The summed E-state index contributed by atoms with van der Waals surface area (Å²) in [6.45, 7) is 0.299. The van der Waals surface area contributed by atoms with Crippen molar-refractivity contribution < 1.29 is 14.3 Å². The zero-order valence-corrected chi connectivity index (χ0v) is 7.40. The average molecular weight is 194 g/mol. The topological polar surface area (TPSA) is 81.4 Å². The van der Waals surface area contributed by atoms with Gasteiger partial charge in [0.05, 0.1) is 0 Å². The first-order valence-electron chi connectivity index (χ1n) is 3.97. The molecule has 74 valence electrons. The number of carbonyl (C=O) groups excluding carboxylic acids is 2. The van der Waals surface area contributed by atoms with Crippen LogP contribution >= 0.6 is 0 Å². The molecule has 5 nitrogen and oxygen atoms in total. The number of alkyl carbamates (subject to hydrolysis) is 1. The van der Waals surface area contributed by atoms with Crippen LogP contribution in [0.2, 0.25) is 0 Å². The van der Waals surface area contributed by atoms with Crippen molar-refractivity contribution in [3.63, 3.8) is 0 Å². The molecule has 0 heterocycles. The van der Waals surface area contributed by atoms with Crippen LogP contribution in [0.3, 0.4) is 0 Å². The lowest BCUT2D eigenvalue weighted by Crippen LogP contribution is -2.28. The summed E-state index contributed by atoms with van der Waals surface area (Å²) < 4.78 is 4.06. The third kappa shape index (κ3) is 3.57. The highest BCUT2D eigenvalue weighted by molar-refractivity contribution is 5.82. The third-order valence-electron chi connectivity index (χ3n) is 1.47. The van der Waals surface area contributed by atoms with Gasteiger partial charge in [0, 0.05) is 6.54 Å². The van der Waals surface area contributed by atoms with E-state index in [4.69, 9.17) is 0 Å². The van der Waals surface area contributed by atoms with Gasteiger partial charge in [-0.2, -0.15) is 0 Å². The molecule has 0 spiro atoms. The van der Waals surface area contributed by atoms with E-state index in [1.165, 1.54) is 0 Å². The molecule has 1 aromatic rings. The van der Waals surface area contributed by atoms with Crippen LogP contribution in [-0.4, -0.2) is 12.2 Å². The highest BCUT2D eigenvalue weighted by atomic mass is 16.6. The van der Waals surface area contributed by atoms with E-state index in [1.54, 1.807) is 0 Å². The molecule has 0 fully saturated rings. The standard InChI is InChI=1S/C9H10N2O3/c10-8(12)14-9(13)11-6-7-4-2-1-3-5-7/h1-5H,6H2,(H2,10,12)(H,11,13). The number of hydrogen-bond acceptors (Lipinski definition) is 3. The Morgan fingerprint density at radius 1 is 1.29 bits per heavy atom. The van der Waals surface area contributed by atoms with Crippen molar-refractivity contribution in [1.29, 1.82) is 0 Å². The van der Waals surface area contributed by atoms with Crippen molar-refractivity contribution in [2.75, 3.05) is 0 Å². The monoisotopic (exact) mass is 194 g/mol. The van der Waals surface area contributed by atoms with Gasteiger partial charge in [-0.05, 0) is 5.56 Å². The van der Waals surface area contributed by atoms with E-state index < -0.39 is 12.2 Å². The van der Waals surface area contributed by atoms with Crippen molar-refractivity contribution in [2.45, 2.75) is 6.54 Å². The van der Waals surface area contributed by atoms with Crippen molar-refractivity contribution >= 4 is 12.2 Å². The number of carbonyl (C=O) groups is 2. The number of ether oxygens (including phenoxy) is 1. The molecule has 0 radical (unpaired) electrons. The quantitative estimate of drug-likeness (QED) is 0.689. The maximum atomic E-state index is 10.8. The lowest BCUT2D eigenvalue weighted by Gasteiger charge is -2.03. The van der Waals surface area contributed by atoms with Crippen LogP contribution in [0, 0.1) is 0 Å². The number of amides is 2. The average Bonchev–Trinajstić information content (AvgIpc) is 2.15. The summed E-state index contributed by atoms with van der Waals surface area (Å²) in [6.07, 6.45) is -1.96. The Balaban J connectivity index is 2.34. The molecule has 0 aliphatic carbocycles. The molecule has 2 amide bonds. The van der Waals surface area contributed by atoms with Crippen LogP contribution in [0.4, 0.5) is 9.59 Å². The summed E-state index contributed by atoms with van der Waals surface area (Å²) in [5.74, 6) is 0. The van der Waals surface area contributed by atoms with Crippen molar-refractivity contribution in [3.8, 4) is 0 Å². The molecule has 0 aliphatic heterocycles. The molecule has 0 aromatic heterocycles. The minimum Gasteiger partial charge on any atom is -0.360 e. The Kier molecular flexibility index (Phi) is 3.49. The van der Waals surface area contributed by atoms with Gasteiger partial charge in [0.2, 0.25) is 0 Å². The number of nitrogens with one attached hydrogen (secondary N) is 1. The maximum absolute atomic E-state index is 10.8. The molecular formula is C9H10N2O3. The fourth-order valence-corrected chi connectivity index (χ4v) is 0.898. The van der Waals surface area contributed by atoms with E-state index >= 15 is 0 Å². The minimum atomic E-state index is -1.12. The highest BCUT2D eigenvalue weighted by Crippen LogP contribution is 1.97. The van der Waals surface area contributed by atoms with E-state index in [2.05, 4.69) is 15.8 Å². The molecule has 0 saturated carbocycles. The molecule has 5 heteroatoms. The predicted molar refractivity (Wildman–Crippen MR) is 49.3 cm³/mol. The zero-order chi connectivity index (χ0) is 10.4. The highest BCUT2D eigenvalue weighted by Gasteiger charge is 2.04. The molecule has 1 rings (SSSR count). The van der Waals surface area contributed by atoms with Gasteiger partial charge in [0.1, 0.15) is 0 Å². The van der Waals surface area contributed by atoms with Crippen molar-refractivity contribution in [2.24, 2.45) is 5.73 Å². The third-order valence-corrected chi connectivity index (χ3v) is 1.47. The van der Waals surface area contributed by atoms with E-state index in [0.717, 1.165) is 5.56 Å². The van der Waals surface area contributed by atoms with Gasteiger partial charge in [-0.1, -0.05) is 30.3 Å². The predicted octanol–water partition coefficient (Wildman–Crippen LogP) is 0.992. The smallest absolute Gasteiger partial charge is 0.360 e. The van der Waals surface area contributed by atoms with E-state index in [-0.39, 0.29) is 0 Å². The lowest BCUT2D eigenvalue weighted by molar-refractivity contribution is 0.156. The maximum Gasteiger partial charge on any atom is 0.416 e. The summed E-state index contributed by atoms with van der Waals surface area (Å²) in [4.78, 5) is 21.0. The largest absolute Gasteiger partial charge is 0.416 e. The van der Waals surface area contributed by atoms with Crippen LogP contribution in [0.25, 0.3) is 0 Å². The fraction of sp³-hybridized carbons (Fsp3) is 0.111. The molecule has 0 saturated heterocycles. The minimum absolute atomic E-state index is 0.299. The molecule has 0 aliphatic rings. The molecule has 0 atom stereocenters. The normalized spacial score (nSPS) is 9.14. The Morgan fingerprint density at radius 3 is 2.50 bits per heavy atom. The lowest BCUT2D eigenvalue weighted by atomic mass is 10.2. The van der Waals surface area contributed by atoms with E-state index in [9.17, 15) is 9.59 Å². The van der Waals surface area contributed by atoms with Gasteiger partial charge in [-0.3, -0.25) is 0 Å². The van der Waals surface area contributed by atoms with Gasteiger partial charge in [-0.15, -0.1) is 0 Å². The second-order valence-corrected chi connectivity index (χ2v) is 2.55. The van der Waals surface area contributed by atoms with Crippen LogP contribution in [-0.2, 0) is 11.3 Å². The first-order valence-corrected chi connectivity index (χ1v) is 3.97. The molecular weight excluding hydrogens is 184 g/mol. The van der Waals surface area contributed by atoms with E-state index in [0.29, 0.717) is 6.54 Å². The number of rotatable bonds is 2. The molecule has 3 N–H and O–H groups in total. The second-order valence-electron chi connectivity index (χ2n) is 2.55. The fourth-order valence-electron chi connectivity index (χ4n) is 0.898. The van der Waals surface area contributed by atoms with Gasteiger partial charge in [0.25, 0.3) is 0 Å². The van der Waals surface area contributed by atoms with Gasteiger partial charge in [-0.25, -0.2) is 9.59 Å². The summed E-state index contributed by atoms with van der Waals surface area (Å²) in [5, 5.41) is 2.37. The summed E-state index contributed by atoms with van der Waals surface area (Å²) >= 11 is 0. The zero-order valence-electron chi connectivity index (χ0n) is 7.40. The molecule has 0 unspecified atom stereocenters. The summed E-state index contributed by atoms with van der Waals surface area (Å²) in [6, 6.07) is 9.23. The Bertz CT molecular complexity index is 324. The SMILES string of the molecule is NC(=O)OC(=O)NCc1ccccc1. The number of primary amides is 1. The van der Waals surface area contributed by atoms with Crippen molar-refractivity contribution in [3.05, 3.63) is 35.9 Å². The van der Waals surface area contributed by atoms with Crippen LogP contribution in [0.15, 0.2) is 30.3 Å². The van der Waals surface area contributed by atoms with Crippen molar-refractivity contribution in [1.82, 2.24) is 5.32 Å². The van der Waals surface area contributed by atoms with Gasteiger partial charge in [0.15, 0.2) is 0 Å². The Hall–Kier alpha value is -2.04. The van der Waals surface area contributed by atoms with Crippen LogP contribution in [0.1, 0.15) is 5.56 Å². The number of hydrogen-bond donors (Lipinski definition) is 2. The number of benzene rings is 1. The molecule has 1 aromatic carbocycles. The first-order chi connectivity index (χ1) is 6.68. The summed E-state index contributed by atoms with van der Waals surface area (Å²) in [7, 11) is 0. The van der Waals surface area contributed by atoms with Gasteiger partial charge >= 0.3 is 12.2 Å². The number of nitrogens with two attached hydrogens (primary N) is 1. The first kappa shape index (κ1) is 10.0. The second kappa shape index (κ2) is 4.86. The summed E-state index contributed by atoms with van der Waals surface area (Å²) in [5.41, 5.74) is 5.55. The van der Waals surface area contributed by atoms with E-state index in [1.807, 2.05) is 30.3 Å². The van der Waals surface area contributed by atoms with Crippen LogP contribution in [0.5, 0.6) is 0 Å². The Labute approximate surface area is 80.9 Å². The molecule has 0 bridgehead atoms. The molecule has 14 heavy (non-hydrogen) atoms.